The van der Waals surface area contributed by atoms with Gasteiger partial charge in [0.05, 0.1) is 31.8 Å². The molecule has 11 atom stereocenters. The first-order chi connectivity index (χ1) is 61.0. The number of nitrogens with two attached hydrogens (primary N) is 2. The van der Waals surface area contributed by atoms with Gasteiger partial charge in [-0.05, 0) is 89.0 Å². The van der Waals surface area contributed by atoms with Crippen LogP contribution in [0.1, 0.15) is 86.3 Å². The zero-order chi connectivity index (χ0) is 93.4. The summed E-state index contributed by atoms with van der Waals surface area (Å²) in [5, 5.41) is 55.2. The molecule has 17 N–H and O–H groups in total. The van der Waals surface area contributed by atoms with E-state index in [9.17, 15) is 58.5 Å². The highest BCUT2D eigenvalue weighted by molar-refractivity contribution is 8.00. The van der Waals surface area contributed by atoms with Crippen LogP contribution in [0.25, 0.3) is 10.9 Å². The van der Waals surface area contributed by atoms with Crippen molar-refractivity contribution in [2.75, 3.05) is 72.9 Å². The monoisotopic (exact) mass is 1780 g/mol. The van der Waals surface area contributed by atoms with Crippen molar-refractivity contribution >= 4 is 117 Å². The number of nitrogens with one attached hydrogen (secondary N) is 10. The van der Waals surface area contributed by atoms with Gasteiger partial charge < -0.3 is 104 Å². The number of phenolic OH excluding ortho intramolecular Hbond substituents is 2. The van der Waals surface area contributed by atoms with E-state index >= 15 is 33.6 Å². The summed E-state index contributed by atoms with van der Waals surface area (Å²) < 4.78 is 0. The number of amides is 15. The number of aromatic hydroxyl groups is 2. The second-order valence-corrected chi connectivity index (χ2v) is 33.0. The number of aromatic nitrogens is 1. The average molecular weight is 1780 g/mol. The van der Waals surface area contributed by atoms with Gasteiger partial charge in [-0.25, -0.2) is 0 Å². The van der Waals surface area contributed by atoms with Gasteiger partial charge in [-0.2, -0.15) is 0 Å². The molecule has 8 rings (SSSR count). The highest BCUT2D eigenvalue weighted by Gasteiger charge is 2.42. The first kappa shape index (κ1) is 99.7. The number of hydrogen-bond acceptors (Lipinski definition) is 20. The topological polar surface area (TPSA) is 526 Å². The van der Waals surface area contributed by atoms with Crippen molar-refractivity contribution in [1.29, 1.82) is 0 Å². The lowest BCUT2D eigenvalue weighted by molar-refractivity contribution is -0.151. The van der Waals surface area contributed by atoms with Crippen LogP contribution in [-0.4, -0.2) is 279 Å². The van der Waals surface area contributed by atoms with Crippen LogP contribution >= 0.6 is 11.8 Å². The van der Waals surface area contributed by atoms with E-state index in [1.54, 1.807) is 135 Å². The van der Waals surface area contributed by atoms with Crippen LogP contribution in [0, 0.1) is 5.92 Å². The smallest absolute Gasteiger partial charge is 0.305 e. The molecule has 1 saturated heterocycles. The summed E-state index contributed by atoms with van der Waals surface area (Å²) in [5.41, 5.74) is 15.1. The number of H-pyrrole nitrogens is 1. The number of carbonyl (C=O) groups excluding carboxylic acids is 15. The Labute approximate surface area is 745 Å². The molecule has 36 nitrogen and oxygen atoms in total. The Balaban J connectivity index is 1.20. The van der Waals surface area contributed by atoms with E-state index in [1.165, 1.54) is 83.8 Å². The molecule has 2 heterocycles. The van der Waals surface area contributed by atoms with Crippen molar-refractivity contribution in [3.8, 4) is 11.5 Å². The predicted molar refractivity (Wildman–Crippen MR) is 476 cm³/mol. The molecule has 15 amide bonds. The molecule has 7 aromatic rings. The zero-order valence-corrected chi connectivity index (χ0v) is 73.6. The molecule has 1 aliphatic heterocycles. The molecule has 1 aliphatic rings. The number of benzene rings is 6. The van der Waals surface area contributed by atoms with Crippen LogP contribution in [0.15, 0.2) is 170 Å². The van der Waals surface area contributed by atoms with Gasteiger partial charge in [-0.15, -0.1) is 11.8 Å². The van der Waals surface area contributed by atoms with Crippen molar-refractivity contribution in [2.45, 2.75) is 158 Å². The van der Waals surface area contributed by atoms with Crippen molar-refractivity contribution in [3.05, 3.63) is 203 Å². The van der Waals surface area contributed by atoms with Crippen LogP contribution < -0.4 is 59.3 Å². The maximum atomic E-state index is 15.5. The number of fused-ring (bicyclic) bond motifs is 1. The van der Waals surface area contributed by atoms with E-state index in [4.69, 9.17) is 11.5 Å². The molecule has 0 saturated carbocycles. The van der Waals surface area contributed by atoms with E-state index in [2.05, 4.69) is 52.8 Å². The third kappa shape index (κ3) is 29.7. The minimum atomic E-state index is -1.91. The maximum Gasteiger partial charge on any atom is 0.305 e. The Hall–Kier alpha value is -13.7. The third-order valence-corrected chi connectivity index (χ3v) is 22.8. The molecule has 37 heteroatoms. The van der Waals surface area contributed by atoms with Crippen LogP contribution in [0.5, 0.6) is 11.5 Å². The lowest BCUT2D eigenvalue weighted by Gasteiger charge is -2.37. The Bertz CT molecular complexity index is 5030. The molecule has 6 aromatic carbocycles. The molecular weight excluding hydrogens is 1670 g/mol. The number of aromatic amines is 1. The van der Waals surface area contributed by atoms with Crippen molar-refractivity contribution in [2.24, 2.45) is 17.4 Å². The zero-order valence-electron chi connectivity index (χ0n) is 72.8. The molecule has 684 valence electrons. The molecule has 1 aromatic heterocycles. The summed E-state index contributed by atoms with van der Waals surface area (Å²) in [6.45, 7) is 2.37. The van der Waals surface area contributed by atoms with Gasteiger partial charge in [0, 0.05) is 96.6 Å². The number of unbranched alkanes of at least 4 members (excludes halogenated alkanes) is 1. The number of primary amides is 1. The predicted octanol–water partition coefficient (Wildman–Crippen LogP) is 0.629. The highest BCUT2D eigenvalue weighted by atomic mass is 32.2. The summed E-state index contributed by atoms with van der Waals surface area (Å²) in [6.07, 6.45) is -0.208. The van der Waals surface area contributed by atoms with Gasteiger partial charge in [0.1, 0.15) is 78.0 Å². The van der Waals surface area contributed by atoms with E-state index in [1.807, 2.05) is 6.92 Å². The van der Waals surface area contributed by atoms with Gasteiger partial charge in [-0.1, -0.05) is 167 Å². The SMILES string of the molecule is CCCCC1C(=O)N(C)CC(=O)NC(CC(=O)O)C(=O)NC(C(C)C)C(=O)N(C)C(Cc2ccccc2)C(=O)NC(Cc2ccc(O)cc2)C(=O)N(C)CC(=O)NC(Cc2c[nH]c3ccccc23)C(=O)NC(Cc2ccc(O)cc2)C(=O)NC(CCN)C(=O)NC(C(=O)NCC(N)=O)CSCC(=O)NC(Cc2ccccc2)C(=O)N(C)C(Cc2ccccc2)C(=O)N1C. The fourth-order valence-electron chi connectivity index (χ4n) is 14.7. The minimum absolute atomic E-state index is 0.0257. The first-order valence-corrected chi connectivity index (χ1v) is 43.2. The highest BCUT2D eigenvalue weighted by Crippen LogP contribution is 2.24. The number of likely N-dealkylation sites (N-methyl/N-ethyl adjacent to an activating group) is 5. The number of nitrogens with zero attached hydrogens (tertiary/aromatic N) is 5. The number of aliphatic carboxylic acids is 1. The van der Waals surface area contributed by atoms with E-state index < -0.39 is 205 Å². The number of rotatable bonds is 23. The second kappa shape index (κ2) is 48.7. The number of carboxylic acid groups (broad SMARTS) is 1. The van der Waals surface area contributed by atoms with E-state index in [0.717, 1.165) is 36.3 Å². The van der Waals surface area contributed by atoms with E-state index in [-0.39, 0.29) is 69.4 Å². The summed E-state index contributed by atoms with van der Waals surface area (Å²) >= 11 is 0.804. The lowest BCUT2D eigenvalue weighted by Crippen LogP contribution is -2.61. The van der Waals surface area contributed by atoms with Gasteiger partial charge in [0.2, 0.25) is 88.6 Å². The summed E-state index contributed by atoms with van der Waals surface area (Å²) in [7, 11) is 6.50. The average Bonchev–Trinajstić information content (AvgIpc) is 1.08. The number of carboxylic acids is 1. The fourth-order valence-corrected chi connectivity index (χ4v) is 15.5. The molecule has 11 unspecified atom stereocenters. The summed E-state index contributed by atoms with van der Waals surface area (Å²) in [6, 6.07) is 26.8. The lowest BCUT2D eigenvalue weighted by atomic mass is 9.98. The fraction of sp³-hybridized carbons (Fsp3) is 0.407. The van der Waals surface area contributed by atoms with Crippen LogP contribution in [0.4, 0.5) is 0 Å². The summed E-state index contributed by atoms with van der Waals surface area (Å²) in [5.74, 6) is -17.4. The van der Waals surface area contributed by atoms with Gasteiger partial charge in [-0.3, -0.25) is 76.7 Å². The molecule has 0 radical (unpaired) electrons. The number of thioether (sulfide) groups is 1. The largest absolute Gasteiger partial charge is 0.508 e. The Morgan fingerprint density at radius 3 is 1.45 bits per heavy atom. The molecule has 0 spiro atoms. The number of phenols is 2. The van der Waals surface area contributed by atoms with Crippen LogP contribution in [-0.2, 0) is 115 Å². The number of carbonyl (C=O) groups is 16. The maximum absolute atomic E-state index is 15.5. The van der Waals surface area contributed by atoms with Crippen molar-refractivity contribution < 1.29 is 92.0 Å². The Kier molecular flexibility index (Phi) is 37.9. The van der Waals surface area contributed by atoms with Gasteiger partial charge >= 0.3 is 5.97 Å². The summed E-state index contributed by atoms with van der Waals surface area (Å²) in [4.78, 5) is 242. The molecule has 1 fully saturated rings. The van der Waals surface area contributed by atoms with Crippen molar-refractivity contribution in [1.82, 2.24) is 77.3 Å². The van der Waals surface area contributed by atoms with Gasteiger partial charge in [0.25, 0.3) is 0 Å². The van der Waals surface area contributed by atoms with Crippen LogP contribution in [0.2, 0.25) is 0 Å². The minimum Gasteiger partial charge on any atom is -0.508 e. The number of para-hydroxylation sites is 1. The van der Waals surface area contributed by atoms with Crippen molar-refractivity contribution in [3.63, 3.8) is 0 Å². The molecular formula is C91H115N17O19S. The normalized spacial score (nSPS) is 21.9. The van der Waals surface area contributed by atoms with Gasteiger partial charge in [0.15, 0.2) is 0 Å². The first-order valence-electron chi connectivity index (χ1n) is 42.0. The third-order valence-electron chi connectivity index (χ3n) is 21.8. The Morgan fingerprint density at radius 2 is 0.906 bits per heavy atom. The second-order valence-electron chi connectivity index (χ2n) is 32.0. The molecule has 128 heavy (non-hydrogen) atoms. The standard InChI is InChI=1S/C91H115N17O19S/c1-9-10-30-72-89(125)105(5)51-77(113)97-68(47-79(115)116)85(121)103-80(54(2)3)91(127)107(7)73(44-56-24-16-12-17-25-56)86(122)101-69(43-59-33-37-62(110)38-34-59)87(123)104(4)50-76(112)96-67(46-60-48-94-64-29-21-20-28-63(60)64)84(120)100-66(41-58-31-35-61(109)36-32-58)83(119)99-65(39-40-92)82(118)102-71(81(117)95-49-75(93)111)52-128-53-78(114)98-70(42-55-22-14-11-15-23-55)88(124)108(8)74(90(126)106(72)6)45-57-26-18-13-19-27-57/h11-29,31-38,48,54,65-74,80,94,109-110H,9-10,30,39-47,49-53,92H2,1-8H3,(H2,93,111)(H,95,117)(H,96,112)(H,97,113)(H,98,114)(H,99,119)(H,100,120)(H,101,122)(H,102,118)(H,103,121)(H,115,116). The quantitative estimate of drug-likeness (QED) is 0.0418. The molecule has 0 bridgehead atoms. The Morgan fingerprint density at radius 1 is 0.461 bits per heavy atom. The van der Waals surface area contributed by atoms with E-state index in [0.29, 0.717) is 57.1 Å². The van der Waals surface area contributed by atoms with Crippen LogP contribution in [0.3, 0.4) is 0 Å². The number of hydrogen-bond donors (Lipinski definition) is 15. The molecule has 0 aliphatic carbocycles.